The Morgan fingerprint density at radius 1 is 1.37 bits per heavy atom. The predicted molar refractivity (Wildman–Crippen MR) is 70.0 cm³/mol. The molecular formula is C11H10N4O3S. The lowest BCUT2D eigenvalue weighted by molar-refractivity contribution is -0.131. The monoisotopic (exact) mass is 278 g/mol. The number of para-hydroxylation sites is 1. The molecule has 98 valence electrons. The second-order valence-electron chi connectivity index (χ2n) is 3.50. The number of hydrogen-bond donors (Lipinski definition) is 2. The van der Waals surface area contributed by atoms with Crippen molar-refractivity contribution in [3.05, 3.63) is 29.8 Å². The third-order valence-corrected chi connectivity index (χ3v) is 2.60. The fraction of sp³-hybridized carbons (Fsp3) is 0.0909. The highest BCUT2D eigenvalue weighted by molar-refractivity contribution is 7.09. The van der Waals surface area contributed by atoms with Gasteiger partial charge in [0.2, 0.25) is 11.1 Å². The molecule has 0 bridgehead atoms. The molecule has 7 nitrogen and oxygen atoms in total. The fourth-order valence-corrected chi connectivity index (χ4v) is 1.75. The van der Waals surface area contributed by atoms with Crippen LogP contribution in [0.25, 0.3) is 0 Å². The summed E-state index contributed by atoms with van der Waals surface area (Å²) in [5.41, 5.74) is 5.63. The molecule has 2 rings (SSSR count). The first-order valence-electron chi connectivity index (χ1n) is 5.24. The molecule has 1 amide bonds. The summed E-state index contributed by atoms with van der Waals surface area (Å²) >= 11 is 0.973. The van der Waals surface area contributed by atoms with E-state index in [4.69, 9.17) is 10.5 Å². The minimum Gasteiger partial charge on any atom is -0.426 e. The zero-order chi connectivity index (χ0) is 13.8. The lowest BCUT2D eigenvalue weighted by Crippen LogP contribution is -2.15. The molecule has 0 fully saturated rings. The summed E-state index contributed by atoms with van der Waals surface area (Å²) in [6, 6.07) is 6.38. The average Bonchev–Trinajstić information content (AvgIpc) is 2.74. The van der Waals surface area contributed by atoms with Crippen molar-refractivity contribution in [3.63, 3.8) is 0 Å². The number of carbonyl (C=O) groups excluding carboxylic acids is 2. The van der Waals surface area contributed by atoms with E-state index in [-0.39, 0.29) is 22.4 Å². The van der Waals surface area contributed by atoms with Gasteiger partial charge in [-0.05, 0) is 12.1 Å². The second-order valence-corrected chi connectivity index (χ2v) is 4.28. The first-order valence-corrected chi connectivity index (χ1v) is 6.01. The number of nitrogen functional groups attached to an aromatic ring is 1. The van der Waals surface area contributed by atoms with Gasteiger partial charge >= 0.3 is 5.97 Å². The van der Waals surface area contributed by atoms with Crippen molar-refractivity contribution >= 4 is 34.5 Å². The SMILES string of the molecule is CC(=O)Oc1ccccc1C(=O)Nc1nsc(N)n1. The van der Waals surface area contributed by atoms with Crippen LogP contribution in [-0.2, 0) is 4.79 Å². The number of carbonyl (C=O) groups is 2. The highest BCUT2D eigenvalue weighted by atomic mass is 32.1. The number of nitrogens with one attached hydrogen (secondary N) is 1. The van der Waals surface area contributed by atoms with Crippen LogP contribution in [0.4, 0.5) is 11.1 Å². The number of rotatable bonds is 3. The van der Waals surface area contributed by atoms with Crippen molar-refractivity contribution in [2.75, 3.05) is 11.1 Å². The fourth-order valence-electron chi connectivity index (χ4n) is 1.35. The third-order valence-electron chi connectivity index (χ3n) is 2.05. The maximum atomic E-state index is 12.0. The molecule has 0 saturated carbocycles. The van der Waals surface area contributed by atoms with E-state index in [0.717, 1.165) is 11.5 Å². The molecule has 0 aliphatic rings. The van der Waals surface area contributed by atoms with Crippen LogP contribution in [0, 0.1) is 0 Å². The van der Waals surface area contributed by atoms with Crippen LogP contribution in [0.1, 0.15) is 17.3 Å². The van der Waals surface area contributed by atoms with Crippen LogP contribution in [0.2, 0.25) is 0 Å². The van der Waals surface area contributed by atoms with E-state index >= 15 is 0 Å². The van der Waals surface area contributed by atoms with E-state index in [1.54, 1.807) is 12.1 Å². The van der Waals surface area contributed by atoms with Gasteiger partial charge in [0.25, 0.3) is 5.91 Å². The maximum Gasteiger partial charge on any atom is 0.308 e. The van der Waals surface area contributed by atoms with Crippen LogP contribution in [0.15, 0.2) is 24.3 Å². The van der Waals surface area contributed by atoms with Crippen LogP contribution in [-0.4, -0.2) is 21.2 Å². The van der Waals surface area contributed by atoms with Crippen LogP contribution >= 0.6 is 11.5 Å². The number of benzene rings is 1. The molecule has 3 N–H and O–H groups in total. The number of aromatic nitrogens is 2. The van der Waals surface area contributed by atoms with E-state index in [1.165, 1.54) is 19.1 Å². The van der Waals surface area contributed by atoms with Gasteiger partial charge in [0.1, 0.15) is 5.75 Å². The summed E-state index contributed by atoms with van der Waals surface area (Å²) in [4.78, 5) is 26.8. The van der Waals surface area contributed by atoms with Crippen LogP contribution < -0.4 is 15.8 Å². The molecule has 19 heavy (non-hydrogen) atoms. The summed E-state index contributed by atoms with van der Waals surface area (Å²) in [6.07, 6.45) is 0. The van der Waals surface area contributed by atoms with Crippen molar-refractivity contribution in [2.45, 2.75) is 6.92 Å². The van der Waals surface area contributed by atoms with Crippen molar-refractivity contribution in [2.24, 2.45) is 0 Å². The molecule has 1 heterocycles. The van der Waals surface area contributed by atoms with E-state index in [9.17, 15) is 9.59 Å². The number of anilines is 2. The van der Waals surface area contributed by atoms with E-state index < -0.39 is 11.9 Å². The molecule has 0 aliphatic heterocycles. The summed E-state index contributed by atoms with van der Waals surface area (Å²) < 4.78 is 8.78. The van der Waals surface area contributed by atoms with Gasteiger partial charge in [0.15, 0.2) is 0 Å². The number of nitrogens with two attached hydrogens (primary N) is 1. The largest absolute Gasteiger partial charge is 0.426 e. The molecule has 8 heteroatoms. The van der Waals surface area contributed by atoms with Gasteiger partial charge in [0, 0.05) is 18.5 Å². The lowest BCUT2D eigenvalue weighted by Gasteiger charge is -2.07. The van der Waals surface area contributed by atoms with Gasteiger partial charge in [-0.25, -0.2) is 0 Å². The zero-order valence-corrected chi connectivity index (χ0v) is 10.7. The molecule has 1 aromatic heterocycles. The molecule has 0 aliphatic carbocycles. The smallest absolute Gasteiger partial charge is 0.308 e. The number of ether oxygens (including phenoxy) is 1. The minimum atomic E-state index is -0.503. The Balaban J connectivity index is 2.21. The summed E-state index contributed by atoms with van der Waals surface area (Å²) in [5.74, 6) is -0.688. The highest BCUT2D eigenvalue weighted by Gasteiger charge is 2.15. The lowest BCUT2D eigenvalue weighted by atomic mass is 10.2. The van der Waals surface area contributed by atoms with E-state index in [1.807, 2.05) is 0 Å². The first-order chi connectivity index (χ1) is 9.06. The highest BCUT2D eigenvalue weighted by Crippen LogP contribution is 2.20. The van der Waals surface area contributed by atoms with Crippen LogP contribution in [0.3, 0.4) is 0 Å². The second kappa shape index (κ2) is 5.44. The molecule has 1 aromatic carbocycles. The Hall–Kier alpha value is -2.48. The third kappa shape index (κ3) is 3.26. The molecule has 2 aromatic rings. The Kier molecular flexibility index (Phi) is 3.71. The van der Waals surface area contributed by atoms with E-state index in [0.29, 0.717) is 0 Å². The van der Waals surface area contributed by atoms with Gasteiger partial charge in [-0.3, -0.25) is 14.9 Å². The van der Waals surface area contributed by atoms with Gasteiger partial charge in [0.05, 0.1) is 5.56 Å². The van der Waals surface area contributed by atoms with E-state index in [2.05, 4.69) is 14.7 Å². The van der Waals surface area contributed by atoms with Gasteiger partial charge in [-0.15, -0.1) is 0 Å². The predicted octanol–water partition coefficient (Wildman–Crippen LogP) is 1.30. The van der Waals surface area contributed by atoms with Crippen molar-refractivity contribution in [3.8, 4) is 5.75 Å². The molecule has 0 atom stereocenters. The van der Waals surface area contributed by atoms with Crippen molar-refractivity contribution < 1.29 is 14.3 Å². The molecule has 0 radical (unpaired) electrons. The Morgan fingerprint density at radius 3 is 2.74 bits per heavy atom. The first kappa shape index (κ1) is 13.0. The van der Waals surface area contributed by atoms with Gasteiger partial charge < -0.3 is 10.5 Å². The normalized spacial score (nSPS) is 9.95. The maximum absolute atomic E-state index is 12.0. The number of hydrogen-bond acceptors (Lipinski definition) is 7. The summed E-state index contributed by atoms with van der Waals surface area (Å²) in [7, 11) is 0. The van der Waals surface area contributed by atoms with Crippen molar-refractivity contribution in [1.29, 1.82) is 0 Å². The number of nitrogens with zero attached hydrogens (tertiary/aromatic N) is 2. The summed E-state index contributed by atoms with van der Waals surface area (Å²) in [6.45, 7) is 1.26. The molecule has 0 saturated heterocycles. The molecular weight excluding hydrogens is 268 g/mol. The number of amides is 1. The number of esters is 1. The summed E-state index contributed by atoms with van der Waals surface area (Å²) in [5, 5.41) is 2.72. The quantitative estimate of drug-likeness (QED) is 0.647. The van der Waals surface area contributed by atoms with Gasteiger partial charge in [-0.1, -0.05) is 12.1 Å². The Bertz CT molecular complexity index is 626. The van der Waals surface area contributed by atoms with Crippen LogP contribution in [0.5, 0.6) is 5.75 Å². The Labute approximate surface area is 112 Å². The molecule has 0 unspecified atom stereocenters. The topological polar surface area (TPSA) is 107 Å². The standard InChI is InChI=1S/C11H10N4O3S/c1-6(16)18-8-5-3-2-4-7(8)9(17)13-11-14-10(12)19-15-11/h2-5H,1H3,(H3,12,13,14,15,17). The molecule has 0 spiro atoms. The Morgan fingerprint density at radius 2 is 2.11 bits per heavy atom. The average molecular weight is 278 g/mol. The minimum absolute atomic E-state index is 0.116. The van der Waals surface area contributed by atoms with Crippen molar-refractivity contribution in [1.82, 2.24) is 9.36 Å². The van der Waals surface area contributed by atoms with Gasteiger partial charge in [-0.2, -0.15) is 9.36 Å². The zero-order valence-electron chi connectivity index (χ0n) is 9.91.